The molecule has 0 saturated carbocycles. The Morgan fingerprint density at radius 1 is 1.15 bits per heavy atom. The van der Waals surface area contributed by atoms with Crippen LogP contribution in [-0.2, 0) is 6.42 Å². The number of thiazole rings is 1. The van der Waals surface area contributed by atoms with Crippen LogP contribution in [0.2, 0.25) is 0 Å². The highest BCUT2D eigenvalue weighted by Crippen LogP contribution is 2.21. The lowest BCUT2D eigenvalue weighted by atomic mass is 10.1. The fourth-order valence-corrected chi connectivity index (χ4v) is 3.59. The highest BCUT2D eigenvalue weighted by molar-refractivity contribution is 7.15. The lowest BCUT2D eigenvalue weighted by Gasteiger charge is -2.05. The minimum atomic E-state index is -0.287. The van der Waals surface area contributed by atoms with Crippen LogP contribution >= 0.6 is 11.3 Å². The Hall–Kier alpha value is -3.06. The summed E-state index contributed by atoms with van der Waals surface area (Å²) < 4.78 is 14.9. The average molecular weight is 380 g/mol. The molecule has 1 amide bonds. The monoisotopic (exact) mass is 380 g/mol. The number of hydrogen-bond donors (Lipinski definition) is 1. The molecule has 0 spiro atoms. The second kappa shape index (κ2) is 7.28. The molecule has 0 aliphatic carbocycles. The van der Waals surface area contributed by atoms with E-state index in [9.17, 15) is 9.18 Å². The number of aromatic nitrogens is 3. The molecule has 0 radical (unpaired) electrons. The average Bonchev–Trinajstić information content (AvgIpc) is 3.24. The summed E-state index contributed by atoms with van der Waals surface area (Å²) in [5.41, 5.74) is 3.51. The van der Waals surface area contributed by atoms with E-state index in [-0.39, 0.29) is 11.7 Å². The third-order valence-corrected chi connectivity index (χ3v) is 5.10. The van der Waals surface area contributed by atoms with E-state index in [4.69, 9.17) is 0 Å². The molecule has 0 saturated heterocycles. The normalized spacial score (nSPS) is 11.0. The van der Waals surface area contributed by atoms with Crippen LogP contribution in [0.3, 0.4) is 0 Å². The van der Waals surface area contributed by atoms with Crippen molar-refractivity contribution in [1.29, 1.82) is 0 Å². The van der Waals surface area contributed by atoms with Crippen LogP contribution in [0, 0.1) is 12.7 Å². The molecule has 2 heterocycles. The van der Waals surface area contributed by atoms with E-state index in [1.807, 2.05) is 36.6 Å². The molecule has 27 heavy (non-hydrogen) atoms. The summed E-state index contributed by atoms with van der Waals surface area (Å²) >= 11 is 1.49. The maximum absolute atomic E-state index is 13.1. The van der Waals surface area contributed by atoms with E-state index in [0.29, 0.717) is 24.4 Å². The van der Waals surface area contributed by atoms with Crippen molar-refractivity contribution in [3.8, 4) is 11.4 Å². The highest BCUT2D eigenvalue weighted by atomic mass is 32.1. The van der Waals surface area contributed by atoms with Crippen molar-refractivity contribution in [3.05, 3.63) is 76.5 Å². The van der Waals surface area contributed by atoms with Crippen molar-refractivity contribution in [2.24, 2.45) is 0 Å². The molecule has 0 bridgehead atoms. The first-order valence-corrected chi connectivity index (χ1v) is 9.42. The van der Waals surface area contributed by atoms with Crippen LogP contribution in [0.4, 0.5) is 4.39 Å². The van der Waals surface area contributed by atoms with Crippen molar-refractivity contribution >= 4 is 22.2 Å². The number of amides is 1. The van der Waals surface area contributed by atoms with Crippen LogP contribution in [0.25, 0.3) is 16.3 Å². The van der Waals surface area contributed by atoms with Crippen LogP contribution in [0.15, 0.2) is 53.9 Å². The van der Waals surface area contributed by atoms with Gasteiger partial charge < -0.3 is 5.32 Å². The quantitative estimate of drug-likeness (QED) is 0.572. The minimum Gasteiger partial charge on any atom is -0.352 e. The predicted octanol–water partition coefficient (Wildman–Crippen LogP) is 3.88. The van der Waals surface area contributed by atoms with Gasteiger partial charge in [-0.05, 0) is 43.3 Å². The van der Waals surface area contributed by atoms with Gasteiger partial charge in [0.1, 0.15) is 5.82 Å². The van der Waals surface area contributed by atoms with E-state index in [1.54, 1.807) is 16.6 Å². The molecule has 0 fully saturated rings. The number of halogens is 1. The second-order valence-electron chi connectivity index (χ2n) is 6.24. The van der Waals surface area contributed by atoms with Gasteiger partial charge in [0.15, 0.2) is 5.82 Å². The van der Waals surface area contributed by atoms with Gasteiger partial charge in [-0.25, -0.2) is 8.91 Å². The van der Waals surface area contributed by atoms with E-state index in [1.165, 1.54) is 23.5 Å². The number of carbonyl (C=O) groups excluding carboxylic acids is 1. The van der Waals surface area contributed by atoms with E-state index in [2.05, 4.69) is 15.4 Å². The third kappa shape index (κ3) is 3.73. The molecule has 2 aromatic carbocycles. The number of carbonyl (C=O) groups is 1. The molecular weight excluding hydrogens is 363 g/mol. The van der Waals surface area contributed by atoms with Crippen LogP contribution < -0.4 is 5.32 Å². The Balaban J connectivity index is 1.44. The van der Waals surface area contributed by atoms with Gasteiger partial charge in [-0.3, -0.25) is 4.79 Å². The smallest absolute Gasteiger partial charge is 0.251 e. The molecular formula is C20H17FN4OS. The molecule has 2 aromatic heterocycles. The molecule has 0 atom stereocenters. The second-order valence-corrected chi connectivity index (χ2v) is 7.07. The maximum Gasteiger partial charge on any atom is 0.251 e. The zero-order valence-electron chi connectivity index (χ0n) is 14.6. The number of nitrogens with zero attached hydrogens (tertiary/aromatic N) is 3. The van der Waals surface area contributed by atoms with Crippen molar-refractivity contribution < 1.29 is 9.18 Å². The molecule has 136 valence electrons. The number of benzene rings is 2. The number of aryl methyl sites for hydroxylation is 1. The largest absolute Gasteiger partial charge is 0.352 e. The maximum atomic E-state index is 13.1. The zero-order chi connectivity index (χ0) is 18.8. The summed E-state index contributed by atoms with van der Waals surface area (Å²) in [5.74, 6) is 0.184. The lowest BCUT2D eigenvalue weighted by molar-refractivity contribution is 0.0954. The van der Waals surface area contributed by atoms with Gasteiger partial charge in [0.05, 0.1) is 5.69 Å². The number of nitrogens with one attached hydrogen (secondary N) is 1. The molecule has 4 aromatic rings. The van der Waals surface area contributed by atoms with Crippen molar-refractivity contribution in [1.82, 2.24) is 19.9 Å². The fraction of sp³-hybridized carbons (Fsp3) is 0.150. The Bertz CT molecular complexity index is 1080. The minimum absolute atomic E-state index is 0.0907. The Morgan fingerprint density at radius 3 is 2.63 bits per heavy atom. The first kappa shape index (κ1) is 17.4. The Kier molecular flexibility index (Phi) is 4.68. The summed E-state index contributed by atoms with van der Waals surface area (Å²) in [6, 6.07) is 13.6. The van der Waals surface area contributed by atoms with Gasteiger partial charge >= 0.3 is 0 Å². The molecule has 1 N–H and O–H groups in total. The van der Waals surface area contributed by atoms with E-state index < -0.39 is 0 Å². The summed E-state index contributed by atoms with van der Waals surface area (Å²) in [7, 11) is 0. The highest BCUT2D eigenvalue weighted by Gasteiger charge is 2.12. The summed E-state index contributed by atoms with van der Waals surface area (Å²) in [5, 5.41) is 9.44. The van der Waals surface area contributed by atoms with Gasteiger partial charge in [0.25, 0.3) is 5.91 Å². The van der Waals surface area contributed by atoms with E-state index >= 15 is 0 Å². The van der Waals surface area contributed by atoms with Crippen molar-refractivity contribution in [2.45, 2.75) is 13.3 Å². The first-order valence-electron chi connectivity index (χ1n) is 8.54. The number of hydrogen-bond acceptors (Lipinski definition) is 4. The van der Waals surface area contributed by atoms with Gasteiger partial charge in [-0.15, -0.1) is 16.4 Å². The molecule has 7 heteroatoms. The standard InChI is InChI=1S/C20H17FN4OS/c1-13-2-4-15(5-3-13)19(26)22-11-10-17-12-27-20-23-18(24-25(17)20)14-6-8-16(21)9-7-14/h2-9,12H,10-11H2,1H3,(H,22,26). The van der Waals surface area contributed by atoms with Gasteiger partial charge in [0.2, 0.25) is 4.96 Å². The van der Waals surface area contributed by atoms with E-state index in [0.717, 1.165) is 21.8 Å². The summed E-state index contributed by atoms with van der Waals surface area (Å²) in [6.45, 7) is 2.49. The molecule has 5 nitrogen and oxygen atoms in total. The number of rotatable bonds is 5. The molecule has 0 aliphatic heterocycles. The SMILES string of the molecule is Cc1ccc(C(=O)NCCc2csc3nc(-c4ccc(F)cc4)nn23)cc1. The summed E-state index contributed by atoms with van der Waals surface area (Å²) in [4.78, 5) is 17.5. The first-order chi connectivity index (χ1) is 13.1. The zero-order valence-corrected chi connectivity index (χ0v) is 15.5. The van der Waals surface area contributed by atoms with Crippen LogP contribution in [-0.4, -0.2) is 27.0 Å². The Labute approximate surface area is 159 Å². The number of fused-ring (bicyclic) bond motifs is 1. The molecule has 0 aliphatic rings. The topological polar surface area (TPSA) is 59.3 Å². The Morgan fingerprint density at radius 2 is 1.89 bits per heavy atom. The lowest BCUT2D eigenvalue weighted by Crippen LogP contribution is -2.25. The van der Waals surface area contributed by atoms with Crippen molar-refractivity contribution in [3.63, 3.8) is 0 Å². The molecule has 4 rings (SSSR count). The fourth-order valence-electron chi connectivity index (χ4n) is 2.73. The van der Waals surface area contributed by atoms with Gasteiger partial charge in [0, 0.05) is 29.5 Å². The van der Waals surface area contributed by atoms with Crippen LogP contribution in [0.1, 0.15) is 21.6 Å². The molecule has 0 unspecified atom stereocenters. The summed E-state index contributed by atoms with van der Waals surface area (Å²) in [6.07, 6.45) is 0.643. The van der Waals surface area contributed by atoms with Gasteiger partial charge in [-0.1, -0.05) is 17.7 Å². The van der Waals surface area contributed by atoms with Crippen molar-refractivity contribution in [2.75, 3.05) is 6.54 Å². The predicted molar refractivity (Wildman–Crippen MR) is 103 cm³/mol. The van der Waals surface area contributed by atoms with Gasteiger partial charge in [-0.2, -0.15) is 4.98 Å². The van der Waals surface area contributed by atoms with Crippen LogP contribution in [0.5, 0.6) is 0 Å². The third-order valence-electron chi connectivity index (χ3n) is 4.23.